The number of amides is 2. The number of benzene rings is 1. The summed E-state index contributed by atoms with van der Waals surface area (Å²) >= 11 is 0. The molecular weight excluding hydrogens is 200 g/mol. The van der Waals surface area contributed by atoms with Crippen molar-refractivity contribution in [2.24, 2.45) is 5.73 Å². The molecule has 0 saturated heterocycles. The molecule has 1 aliphatic carbocycles. The summed E-state index contributed by atoms with van der Waals surface area (Å²) in [5, 5.41) is 2.72. The monoisotopic (exact) mass is 216 g/mol. The molecule has 0 fully saturated rings. The number of urea groups is 1. The van der Waals surface area contributed by atoms with Crippen LogP contribution in [-0.4, -0.2) is 12.1 Å². The summed E-state index contributed by atoms with van der Waals surface area (Å²) in [5.41, 5.74) is 8.89. The van der Waals surface area contributed by atoms with Gasteiger partial charge in [-0.15, -0.1) is 0 Å². The molecule has 0 bridgehead atoms. The Bertz CT molecular complexity index is 437. The van der Waals surface area contributed by atoms with Gasteiger partial charge in [0.1, 0.15) is 0 Å². The van der Waals surface area contributed by atoms with Crippen LogP contribution in [0.5, 0.6) is 0 Å². The van der Waals surface area contributed by atoms with E-state index in [1.807, 2.05) is 19.1 Å². The lowest BCUT2D eigenvalue weighted by molar-refractivity contribution is 0.248. The molecule has 1 aliphatic rings. The van der Waals surface area contributed by atoms with Crippen molar-refractivity contribution in [3.05, 3.63) is 41.5 Å². The molecule has 3 heteroatoms. The predicted octanol–water partition coefficient (Wildman–Crippen LogP) is 2.07. The Kier molecular flexibility index (Phi) is 2.95. The average Bonchev–Trinajstić information content (AvgIpc) is 2.27. The molecule has 2 rings (SSSR count). The fraction of sp³-hybridized carbons (Fsp3) is 0.308. The standard InChI is InChI=1S/C13H16N2O/c1-9(15-13(14)16)11-8-4-6-10-5-2-3-7-12(10)11/h2-3,5,7-9H,4,6H2,1H3,(H3,14,15,16)/t9-/m0/s1. The Morgan fingerprint density at radius 2 is 2.19 bits per heavy atom. The molecule has 0 unspecified atom stereocenters. The van der Waals surface area contributed by atoms with E-state index in [2.05, 4.69) is 23.5 Å². The third-order valence-electron chi connectivity index (χ3n) is 2.93. The third kappa shape index (κ3) is 2.08. The van der Waals surface area contributed by atoms with Crippen molar-refractivity contribution in [2.45, 2.75) is 25.8 Å². The summed E-state index contributed by atoms with van der Waals surface area (Å²) < 4.78 is 0. The van der Waals surface area contributed by atoms with Gasteiger partial charge in [0.2, 0.25) is 0 Å². The average molecular weight is 216 g/mol. The van der Waals surface area contributed by atoms with E-state index in [0.717, 1.165) is 12.8 Å². The number of nitrogens with two attached hydrogens (primary N) is 1. The molecule has 84 valence electrons. The van der Waals surface area contributed by atoms with Crippen molar-refractivity contribution in [2.75, 3.05) is 0 Å². The van der Waals surface area contributed by atoms with Gasteiger partial charge in [0.05, 0.1) is 6.04 Å². The number of hydrogen-bond donors (Lipinski definition) is 2. The van der Waals surface area contributed by atoms with E-state index in [0.29, 0.717) is 0 Å². The third-order valence-corrected chi connectivity index (χ3v) is 2.93. The van der Waals surface area contributed by atoms with Gasteiger partial charge in [-0.1, -0.05) is 30.3 Å². The molecule has 0 spiro atoms. The Balaban J connectivity index is 2.28. The molecule has 0 aromatic heterocycles. The first kappa shape index (κ1) is 10.7. The summed E-state index contributed by atoms with van der Waals surface area (Å²) in [5.74, 6) is 0. The second-order valence-electron chi connectivity index (χ2n) is 4.09. The van der Waals surface area contributed by atoms with E-state index < -0.39 is 6.03 Å². The van der Waals surface area contributed by atoms with Crippen molar-refractivity contribution >= 4 is 11.6 Å². The van der Waals surface area contributed by atoms with Crippen LogP contribution in [0, 0.1) is 0 Å². The zero-order chi connectivity index (χ0) is 11.5. The van der Waals surface area contributed by atoms with Crippen LogP contribution >= 0.6 is 0 Å². The normalized spacial score (nSPS) is 15.9. The van der Waals surface area contributed by atoms with Gasteiger partial charge in [0, 0.05) is 0 Å². The number of primary amides is 1. The number of allylic oxidation sites excluding steroid dienone is 1. The molecule has 3 N–H and O–H groups in total. The van der Waals surface area contributed by atoms with Gasteiger partial charge in [-0.25, -0.2) is 4.79 Å². The van der Waals surface area contributed by atoms with Gasteiger partial charge >= 0.3 is 6.03 Å². The molecule has 0 saturated carbocycles. The van der Waals surface area contributed by atoms with Crippen molar-refractivity contribution in [3.8, 4) is 0 Å². The number of fused-ring (bicyclic) bond motifs is 1. The highest BCUT2D eigenvalue weighted by Crippen LogP contribution is 2.28. The highest BCUT2D eigenvalue weighted by Gasteiger charge is 2.17. The molecular formula is C13H16N2O. The highest BCUT2D eigenvalue weighted by atomic mass is 16.2. The van der Waals surface area contributed by atoms with E-state index in [-0.39, 0.29) is 6.04 Å². The van der Waals surface area contributed by atoms with Gasteiger partial charge < -0.3 is 11.1 Å². The smallest absolute Gasteiger partial charge is 0.312 e. The van der Waals surface area contributed by atoms with Crippen LogP contribution in [0.2, 0.25) is 0 Å². The van der Waals surface area contributed by atoms with Crippen molar-refractivity contribution in [3.63, 3.8) is 0 Å². The summed E-state index contributed by atoms with van der Waals surface area (Å²) in [6, 6.07) is 7.80. The minimum atomic E-state index is -0.476. The zero-order valence-electron chi connectivity index (χ0n) is 9.36. The van der Waals surface area contributed by atoms with E-state index in [1.54, 1.807) is 0 Å². The number of carbonyl (C=O) groups is 1. The second-order valence-corrected chi connectivity index (χ2v) is 4.09. The number of hydrogen-bond acceptors (Lipinski definition) is 1. The molecule has 0 heterocycles. The number of aryl methyl sites for hydroxylation is 1. The fourth-order valence-electron chi connectivity index (χ4n) is 2.21. The van der Waals surface area contributed by atoms with E-state index in [4.69, 9.17) is 5.73 Å². The predicted molar refractivity (Wildman–Crippen MR) is 64.9 cm³/mol. The van der Waals surface area contributed by atoms with Crippen LogP contribution in [0.3, 0.4) is 0 Å². The lowest BCUT2D eigenvalue weighted by Crippen LogP contribution is -2.37. The largest absolute Gasteiger partial charge is 0.352 e. The number of rotatable bonds is 2. The van der Waals surface area contributed by atoms with E-state index >= 15 is 0 Å². The maximum Gasteiger partial charge on any atom is 0.312 e. The van der Waals surface area contributed by atoms with Gasteiger partial charge in [0.15, 0.2) is 0 Å². The molecule has 1 aromatic rings. The fourth-order valence-corrected chi connectivity index (χ4v) is 2.21. The molecule has 3 nitrogen and oxygen atoms in total. The van der Waals surface area contributed by atoms with Gasteiger partial charge in [-0.3, -0.25) is 0 Å². The quantitative estimate of drug-likeness (QED) is 0.781. The van der Waals surface area contributed by atoms with Crippen molar-refractivity contribution < 1.29 is 4.79 Å². The second kappa shape index (κ2) is 4.39. The maximum absolute atomic E-state index is 10.8. The van der Waals surface area contributed by atoms with Crippen LogP contribution in [0.4, 0.5) is 4.79 Å². The lowest BCUT2D eigenvalue weighted by Gasteiger charge is -2.23. The Morgan fingerprint density at radius 3 is 2.94 bits per heavy atom. The summed E-state index contributed by atoms with van der Waals surface area (Å²) in [4.78, 5) is 10.8. The molecule has 1 atom stereocenters. The number of nitrogens with one attached hydrogen (secondary N) is 1. The van der Waals surface area contributed by atoms with Crippen LogP contribution in [0.25, 0.3) is 5.57 Å². The zero-order valence-corrected chi connectivity index (χ0v) is 9.36. The topological polar surface area (TPSA) is 55.1 Å². The first-order valence-electron chi connectivity index (χ1n) is 5.53. The minimum absolute atomic E-state index is 0.0288. The molecule has 1 aromatic carbocycles. The summed E-state index contributed by atoms with van der Waals surface area (Å²) in [7, 11) is 0. The first-order valence-corrected chi connectivity index (χ1v) is 5.53. The van der Waals surface area contributed by atoms with Crippen LogP contribution in [0.15, 0.2) is 30.3 Å². The van der Waals surface area contributed by atoms with E-state index in [9.17, 15) is 4.79 Å². The molecule has 2 amide bonds. The lowest BCUT2D eigenvalue weighted by atomic mass is 9.87. The Labute approximate surface area is 95.3 Å². The molecule has 0 radical (unpaired) electrons. The molecule has 16 heavy (non-hydrogen) atoms. The molecule has 0 aliphatic heterocycles. The van der Waals surface area contributed by atoms with Crippen molar-refractivity contribution in [1.82, 2.24) is 5.32 Å². The highest BCUT2D eigenvalue weighted by molar-refractivity contribution is 5.79. The van der Waals surface area contributed by atoms with Gasteiger partial charge in [-0.2, -0.15) is 0 Å². The number of carbonyl (C=O) groups excluding carboxylic acids is 1. The minimum Gasteiger partial charge on any atom is -0.352 e. The Hall–Kier alpha value is -1.77. The SMILES string of the molecule is C[C@H](NC(N)=O)C1=CCCc2ccccc21. The van der Waals surface area contributed by atoms with Crippen molar-refractivity contribution in [1.29, 1.82) is 0 Å². The van der Waals surface area contributed by atoms with E-state index in [1.165, 1.54) is 16.7 Å². The van der Waals surface area contributed by atoms with Gasteiger partial charge in [-0.05, 0) is 36.5 Å². The Morgan fingerprint density at radius 1 is 1.44 bits per heavy atom. The van der Waals surface area contributed by atoms with Crippen LogP contribution in [-0.2, 0) is 6.42 Å². The maximum atomic E-state index is 10.8. The first-order chi connectivity index (χ1) is 7.68. The van der Waals surface area contributed by atoms with Crippen LogP contribution < -0.4 is 11.1 Å². The van der Waals surface area contributed by atoms with Gasteiger partial charge in [0.25, 0.3) is 0 Å². The van der Waals surface area contributed by atoms with Crippen LogP contribution in [0.1, 0.15) is 24.5 Å². The summed E-state index contributed by atoms with van der Waals surface area (Å²) in [6.45, 7) is 1.96. The summed E-state index contributed by atoms with van der Waals surface area (Å²) in [6.07, 6.45) is 4.28.